The Hall–Kier alpha value is -2.09. The van der Waals surface area contributed by atoms with Crippen molar-refractivity contribution in [3.05, 3.63) is 41.6 Å². The van der Waals surface area contributed by atoms with Gasteiger partial charge in [-0.2, -0.15) is 5.10 Å². The van der Waals surface area contributed by atoms with Crippen molar-refractivity contribution < 1.29 is 17.6 Å². The number of carbonyl (C=O) groups is 1. The van der Waals surface area contributed by atoms with Crippen molar-refractivity contribution in [3.8, 4) is 0 Å². The molecule has 1 aliphatic rings. The van der Waals surface area contributed by atoms with Crippen LogP contribution in [-0.2, 0) is 16.9 Å². The van der Waals surface area contributed by atoms with Crippen LogP contribution >= 0.6 is 0 Å². The maximum absolute atomic E-state index is 12.7. The fourth-order valence-corrected chi connectivity index (χ4v) is 4.16. The van der Waals surface area contributed by atoms with E-state index in [2.05, 4.69) is 5.10 Å². The van der Waals surface area contributed by atoms with E-state index in [0.717, 1.165) is 5.56 Å². The SMILES string of the molecule is Cc1ccoc1C(=O)N1CCS(=O)(=O)CC1c1cnn(C)c1. The van der Waals surface area contributed by atoms with Gasteiger partial charge in [0, 0.05) is 30.9 Å². The van der Waals surface area contributed by atoms with Crippen molar-refractivity contribution in [3.63, 3.8) is 0 Å². The Labute approximate surface area is 128 Å². The highest BCUT2D eigenvalue weighted by Crippen LogP contribution is 2.28. The normalized spacial score (nSPS) is 21.0. The van der Waals surface area contributed by atoms with Gasteiger partial charge in [-0.1, -0.05) is 0 Å². The zero-order valence-electron chi connectivity index (χ0n) is 12.4. The molecular formula is C14H17N3O4S. The first-order valence-corrected chi connectivity index (χ1v) is 8.73. The Bertz CT molecular complexity index is 806. The number of sulfone groups is 1. The molecular weight excluding hydrogens is 306 g/mol. The predicted octanol–water partition coefficient (Wildman–Crippen LogP) is 0.933. The van der Waals surface area contributed by atoms with Gasteiger partial charge in [0.1, 0.15) is 0 Å². The Kier molecular flexibility index (Phi) is 3.56. The summed E-state index contributed by atoms with van der Waals surface area (Å²) in [6.45, 7) is 1.94. The van der Waals surface area contributed by atoms with Crippen LogP contribution in [0.4, 0.5) is 0 Å². The van der Waals surface area contributed by atoms with Gasteiger partial charge < -0.3 is 9.32 Å². The van der Waals surface area contributed by atoms with Crippen molar-refractivity contribution in [1.29, 1.82) is 0 Å². The molecule has 3 heterocycles. The van der Waals surface area contributed by atoms with E-state index in [4.69, 9.17) is 4.42 Å². The first-order chi connectivity index (χ1) is 10.4. The molecule has 0 saturated carbocycles. The highest BCUT2D eigenvalue weighted by molar-refractivity contribution is 7.91. The number of aromatic nitrogens is 2. The van der Waals surface area contributed by atoms with Gasteiger partial charge in [-0.25, -0.2) is 8.42 Å². The van der Waals surface area contributed by atoms with E-state index in [1.807, 2.05) is 0 Å². The summed E-state index contributed by atoms with van der Waals surface area (Å²) < 4.78 is 30.8. The Balaban J connectivity index is 1.97. The second-order valence-electron chi connectivity index (χ2n) is 5.51. The second kappa shape index (κ2) is 5.28. The van der Waals surface area contributed by atoms with Gasteiger partial charge >= 0.3 is 0 Å². The first kappa shape index (κ1) is 14.8. The van der Waals surface area contributed by atoms with Crippen LogP contribution in [0, 0.1) is 6.92 Å². The van der Waals surface area contributed by atoms with Crippen LogP contribution in [0.25, 0.3) is 0 Å². The predicted molar refractivity (Wildman–Crippen MR) is 79.1 cm³/mol. The maximum atomic E-state index is 12.7. The number of nitrogens with zero attached hydrogens (tertiary/aromatic N) is 3. The third-order valence-corrected chi connectivity index (χ3v) is 5.49. The average Bonchev–Trinajstić information content (AvgIpc) is 3.06. The molecule has 0 radical (unpaired) electrons. The number of hydrogen-bond donors (Lipinski definition) is 0. The van der Waals surface area contributed by atoms with Gasteiger partial charge in [-0.05, 0) is 13.0 Å². The molecule has 0 aromatic carbocycles. The zero-order valence-corrected chi connectivity index (χ0v) is 13.2. The maximum Gasteiger partial charge on any atom is 0.290 e. The Morgan fingerprint density at radius 1 is 1.45 bits per heavy atom. The lowest BCUT2D eigenvalue weighted by molar-refractivity contribution is 0.0663. The molecule has 1 saturated heterocycles. The molecule has 0 spiro atoms. The first-order valence-electron chi connectivity index (χ1n) is 6.91. The van der Waals surface area contributed by atoms with Crippen LogP contribution in [0.1, 0.15) is 27.7 Å². The number of carbonyl (C=O) groups excluding carboxylic acids is 1. The lowest BCUT2D eigenvalue weighted by Gasteiger charge is -2.34. The highest BCUT2D eigenvalue weighted by Gasteiger charge is 2.37. The van der Waals surface area contributed by atoms with E-state index in [9.17, 15) is 13.2 Å². The fourth-order valence-electron chi connectivity index (χ4n) is 2.66. The fraction of sp³-hybridized carbons (Fsp3) is 0.429. The molecule has 1 atom stereocenters. The van der Waals surface area contributed by atoms with E-state index in [0.29, 0.717) is 5.56 Å². The van der Waals surface area contributed by atoms with Gasteiger partial charge in [0.25, 0.3) is 5.91 Å². The van der Waals surface area contributed by atoms with Crippen molar-refractivity contribution >= 4 is 15.7 Å². The minimum atomic E-state index is -3.18. The van der Waals surface area contributed by atoms with Crippen molar-refractivity contribution in [1.82, 2.24) is 14.7 Å². The molecule has 118 valence electrons. The molecule has 1 unspecified atom stereocenters. The number of amides is 1. The molecule has 1 fully saturated rings. The molecule has 0 bridgehead atoms. The molecule has 3 rings (SSSR count). The van der Waals surface area contributed by atoms with E-state index >= 15 is 0 Å². The van der Waals surface area contributed by atoms with Crippen LogP contribution in [0.3, 0.4) is 0 Å². The number of rotatable bonds is 2. The quantitative estimate of drug-likeness (QED) is 0.821. The van der Waals surface area contributed by atoms with E-state index in [-0.39, 0.29) is 29.7 Å². The van der Waals surface area contributed by atoms with Gasteiger partial charge in [0.2, 0.25) is 0 Å². The highest BCUT2D eigenvalue weighted by atomic mass is 32.2. The Morgan fingerprint density at radius 2 is 2.23 bits per heavy atom. The number of aryl methyl sites for hydroxylation is 2. The molecule has 2 aromatic heterocycles. The molecule has 1 aliphatic heterocycles. The smallest absolute Gasteiger partial charge is 0.290 e. The average molecular weight is 323 g/mol. The third kappa shape index (κ3) is 2.66. The summed E-state index contributed by atoms with van der Waals surface area (Å²) in [5, 5.41) is 4.07. The molecule has 22 heavy (non-hydrogen) atoms. The van der Waals surface area contributed by atoms with E-state index in [1.165, 1.54) is 6.26 Å². The summed E-state index contributed by atoms with van der Waals surface area (Å²) in [6.07, 6.45) is 4.80. The molecule has 8 heteroatoms. The largest absolute Gasteiger partial charge is 0.459 e. The summed E-state index contributed by atoms with van der Waals surface area (Å²) in [5.41, 5.74) is 1.45. The van der Waals surface area contributed by atoms with Crippen LogP contribution < -0.4 is 0 Å². The van der Waals surface area contributed by atoms with Gasteiger partial charge in [-0.15, -0.1) is 0 Å². The molecule has 7 nitrogen and oxygen atoms in total. The third-order valence-electron chi connectivity index (χ3n) is 3.86. The van der Waals surface area contributed by atoms with Crippen molar-refractivity contribution in [2.75, 3.05) is 18.1 Å². The zero-order chi connectivity index (χ0) is 15.9. The van der Waals surface area contributed by atoms with E-state index < -0.39 is 15.9 Å². The summed E-state index contributed by atoms with van der Waals surface area (Å²) >= 11 is 0. The van der Waals surface area contributed by atoms with Crippen LogP contribution in [0.15, 0.2) is 29.1 Å². The standard InChI is InChI=1S/C14H17N3O4S/c1-10-3-5-21-13(10)14(18)17-4-6-22(19,20)9-12(17)11-7-15-16(2)8-11/h3,5,7-8,12H,4,6,9H2,1-2H3. The summed E-state index contributed by atoms with van der Waals surface area (Å²) in [5.74, 6) is -0.154. The summed E-state index contributed by atoms with van der Waals surface area (Å²) in [6, 6.07) is 1.18. The lowest BCUT2D eigenvalue weighted by atomic mass is 10.1. The molecule has 0 N–H and O–H groups in total. The monoisotopic (exact) mass is 323 g/mol. The topological polar surface area (TPSA) is 85.4 Å². The summed E-state index contributed by atoms with van der Waals surface area (Å²) in [7, 11) is -1.42. The van der Waals surface area contributed by atoms with Gasteiger partial charge in [0.05, 0.1) is 30.0 Å². The van der Waals surface area contributed by atoms with Gasteiger partial charge in [0.15, 0.2) is 15.6 Å². The number of hydrogen-bond acceptors (Lipinski definition) is 5. The Morgan fingerprint density at radius 3 is 2.82 bits per heavy atom. The minimum Gasteiger partial charge on any atom is -0.459 e. The molecule has 1 amide bonds. The lowest BCUT2D eigenvalue weighted by Crippen LogP contribution is -2.46. The van der Waals surface area contributed by atoms with Crippen LogP contribution in [0.5, 0.6) is 0 Å². The van der Waals surface area contributed by atoms with Crippen molar-refractivity contribution in [2.45, 2.75) is 13.0 Å². The molecule has 0 aliphatic carbocycles. The van der Waals surface area contributed by atoms with Crippen LogP contribution in [-0.4, -0.2) is 47.1 Å². The molecule has 2 aromatic rings. The van der Waals surface area contributed by atoms with Crippen LogP contribution in [0.2, 0.25) is 0 Å². The van der Waals surface area contributed by atoms with Crippen molar-refractivity contribution in [2.24, 2.45) is 7.05 Å². The minimum absolute atomic E-state index is 0.0325. The number of furan rings is 1. The van der Waals surface area contributed by atoms with E-state index in [1.54, 1.807) is 42.0 Å². The summed E-state index contributed by atoms with van der Waals surface area (Å²) in [4.78, 5) is 14.3. The van der Waals surface area contributed by atoms with Gasteiger partial charge in [-0.3, -0.25) is 9.48 Å². The second-order valence-corrected chi connectivity index (χ2v) is 7.74.